The molecular formula is C16H24N8O2. The van der Waals surface area contributed by atoms with Gasteiger partial charge in [-0.3, -0.25) is 14.6 Å². The van der Waals surface area contributed by atoms with Crippen LogP contribution in [0.15, 0.2) is 29.5 Å². The number of nitrogens with one attached hydrogen (secondary N) is 3. The van der Waals surface area contributed by atoms with Gasteiger partial charge in [0, 0.05) is 46.6 Å². The standard InChI is InChI=1S/C16H24N8O2/c1-19-16(18)21-5-4-20-14(25)13-7-11(9-24(13)3)22-15(26)12-6-10(17)8-23(12)2/h6-9H,4-5,17H2,1-3H3,(H,20,25)(H,22,26)(H3,18,19,21). The lowest BCUT2D eigenvalue weighted by Crippen LogP contribution is -2.38. The van der Waals surface area contributed by atoms with E-state index in [4.69, 9.17) is 11.5 Å². The molecule has 2 amide bonds. The van der Waals surface area contributed by atoms with Gasteiger partial charge in [-0.15, -0.1) is 0 Å². The summed E-state index contributed by atoms with van der Waals surface area (Å²) in [5.41, 5.74) is 13.1. The number of carbonyl (C=O) groups is 2. The maximum absolute atomic E-state index is 12.3. The second kappa shape index (κ2) is 8.10. The largest absolute Gasteiger partial charge is 0.397 e. The minimum absolute atomic E-state index is 0.259. The van der Waals surface area contributed by atoms with E-state index in [1.807, 2.05) is 0 Å². The second-order valence-corrected chi connectivity index (χ2v) is 5.74. The van der Waals surface area contributed by atoms with E-state index in [0.717, 1.165) is 0 Å². The normalized spacial score (nSPS) is 11.3. The number of hydrogen-bond donors (Lipinski definition) is 5. The summed E-state index contributed by atoms with van der Waals surface area (Å²) >= 11 is 0. The number of guanidine groups is 1. The number of aryl methyl sites for hydroxylation is 2. The average molecular weight is 360 g/mol. The van der Waals surface area contributed by atoms with Crippen LogP contribution in [0.3, 0.4) is 0 Å². The Bertz CT molecular complexity index is 833. The first kappa shape index (κ1) is 18.9. The zero-order valence-electron chi connectivity index (χ0n) is 15.0. The van der Waals surface area contributed by atoms with Crippen LogP contribution in [-0.2, 0) is 14.1 Å². The highest BCUT2D eigenvalue weighted by atomic mass is 16.2. The number of anilines is 2. The number of carbonyl (C=O) groups excluding carboxylic acids is 2. The molecule has 0 bridgehead atoms. The molecule has 0 saturated heterocycles. The Kier molecular flexibility index (Phi) is 5.89. The van der Waals surface area contributed by atoms with Gasteiger partial charge in [0.05, 0.1) is 11.4 Å². The molecule has 0 aliphatic heterocycles. The quantitative estimate of drug-likeness (QED) is 0.267. The summed E-state index contributed by atoms with van der Waals surface area (Å²) in [5, 5.41) is 8.37. The molecule has 0 aromatic carbocycles. The fourth-order valence-corrected chi connectivity index (χ4v) is 2.41. The maximum atomic E-state index is 12.3. The Hall–Kier alpha value is -3.43. The molecule has 10 heteroatoms. The van der Waals surface area contributed by atoms with Crippen molar-refractivity contribution in [3.05, 3.63) is 35.9 Å². The minimum Gasteiger partial charge on any atom is -0.397 e. The molecule has 0 aliphatic carbocycles. The fourth-order valence-electron chi connectivity index (χ4n) is 2.41. The van der Waals surface area contributed by atoms with Crippen molar-refractivity contribution in [3.8, 4) is 0 Å². The van der Waals surface area contributed by atoms with E-state index in [2.05, 4.69) is 20.9 Å². The van der Waals surface area contributed by atoms with Gasteiger partial charge in [0.2, 0.25) is 0 Å². The third-order valence-electron chi connectivity index (χ3n) is 3.71. The van der Waals surface area contributed by atoms with Crippen molar-refractivity contribution >= 4 is 29.1 Å². The van der Waals surface area contributed by atoms with Crippen molar-refractivity contribution in [1.29, 1.82) is 0 Å². The summed E-state index contributed by atoms with van der Waals surface area (Å²) in [7, 11) is 5.04. The van der Waals surface area contributed by atoms with Crippen LogP contribution < -0.4 is 27.4 Å². The SMILES string of the molecule is CN=C(N)NCCNC(=O)c1cc(NC(=O)c2cc(N)cn2C)cn1C. The van der Waals surface area contributed by atoms with Crippen LogP contribution in [0.4, 0.5) is 11.4 Å². The van der Waals surface area contributed by atoms with Crippen molar-refractivity contribution < 1.29 is 9.59 Å². The lowest BCUT2D eigenvalue weighted by atomic mass is 10.3. The van der Waals surface area contributed by atoms with Crippen LogP contribution >= 0.6 is 0 Å². The van der Waals surface area contributed by atoms with Crippen LogP contribution in [0, 0.1) is 0 Å². The van der Waals surface area contributed by atoms with Crippen molar-refractivity contribution in [2.75, 3.05) is 31.2 Å². The monoisotopic (exact) mass is 360 g/mol. The summed E-state index contributed by atoms with van der Waals surface area (Å²) < 4.78 is 3.28. The molecule has 2 heterocycles. The zero-order chi connectivity index (χ0) is 19.3. The van der Waals surface area contributed by atoms with Gasteiger partial charge in [0.15, 0.2) is 5.96 Å². The molecule has 26 heavy (non-hydrogen) atoms. The Balaban J connectivity index is 1.96. The summed E-state index contributed by atoms with van der Waals surface area (Å²) in [6.45, 7) is 0.836. The van der Waals surface area contributed by atoms with Crippen molar-refractivity contribution in [1.82, 2.24) is 19.8 Å². The predicted octanol–water partition coefficient (Wildman–Crippen LogP) is -0.538. The molecule has 0 radical (unpaired) electrons. The Labute approximate surface area is 151 Å². The Morgan fingerprint density at radius 2 is 1.65 bits per heavy atom. The molecule has 0 saturated carbocycles. The van der Waals surface area contributed by atoms with E-state index >= 15 is 0 Å². The van der Waals surface area contributed by atoms with Gasteiger partial charge in [-0.25, -0.2) is 0 Å². The number of nitrogens with zero attached hydrogens (tertiary/aromatic N) is 3. The highest BCUT2D eigenvalue weighted by molar-refractivity contribution is 6.04. The van der Waals surface area contributed by atoms with Crippen molar-refractivity contribution in [2.24, 2.45) is 24.8 Å². The molecule has 0 atom stereocenters. The fraction of sp³-hybridized carbons (Fsp3) is 0.312. The zero-order valence-corrected chi connectivity index (χ0v) is 15.0. The Morgan fingerprint density at radius 3 is 2.27 bits per heavy atom. The lowest BCUT2D eigenvalue weighted by molar-refractivity contribution is 0.0945. The average Bonchev–Trinajstić information content (AvgIpc) is 3.12. The number of hydrogen-bond acceptors (Lipinski definition) is 4. The highest BCUT2D eigenvalue weighted by Crippen LogP contribution is 2.16. The van der Waals surface area contributed by atoms with E-state index < -0.39 is 0 Å². The van der Waals surface area contributed by atoms with Crippen LogP contribution in [0.2, 0.25) is 0 Å². The first-order valence-electron chi connectivity index (χ1n) is 7.95. The predicted molar refractivity (Wildman–Crippen MR) is 101 cm³/mol. The molecule has 7 N–H and O–H groups in total. The van der Waals surface area contributed by atoms with Gasteiger partial charge >= 0.3 is 0 Å². The van der Waals surface area contributed by atoms with E-state index in [1.54, 1.807) is 54.8 Å². The van der Waals surface area contributed by atoms with Gasteiger partial charge in [-0.1, -0.05) is 0 Å². The summed E-state index contributed by atoms with van der Waals surface area (Å²) in [4.78, 5) is 28.3. The number of aliphatic imine (C=N–C) groups is 1. The smallest absolute Gasteiger partial charge is 0.272 e. The third-order valence-corrected chi connectivity index (χ3v) is 3.71. The molecule has 2 rings (SSSR count). The molecule has 0 unspecified atom stereocenters. The first-order chi connectivity index (χ1) is 12.3. The number of nitrogen functional groups attached to an aromatic ring is 1. The van der Waals surface area contributed by atoms with E-state index in [0.29, 0.717) is 41.8 Å². The van der Waals surface area contributed by atoms with Gasteiger partial charge in [0.25, 0.3) is 11.8 Å². The number of rotatable bonds is 6. The lowest BCUT2D eigenvalue weighted by Gasteiger charge is -2.07. The first-order valence-corrected chi connectivity index (χ1v) is 7.95. The molecule has 0 fully saturated rings. The topological polar surface area (TPSA) is 144 Å². The number of aromatic nitrogens is 2. The van der Waals surface area contributed by atoms with Gasteiger partial charge in [-0.2, -0.15) is 0 Å². The summed E-state index contributed by atoms with van der Waals surface area (Å²) in [6.07, 6.45) is 3.32. The molecule has 140 valence electrons. The van der Waals surface area contributed by atoms with E-state index in [1.165, 1.54) is 0 Å². The molecular weight excluding hydrogens is 336 g/mol. The minimum atomic E-state index is -0.305. The van der Waals surface area contributed by atoms with Crippen LogP contribution in [0.5, 0.6) is 0 Å². The van der Waals surface area contributed by atoms with Gasteiger partial charge in [-0.05, 0) is 12.1 Å². The summed E-state index contributed by atoms with van der Waals surface area (Å²) in [6, 6.07) is 3.19. The Morgan fingerprint density at radius 1 is 1.04 bits per heavy atom. The molecule has 10 nitrogen and oxygen atoms in total. The highest BCUT2D eigenvalue weighted by Gasteiger charge is 2.15. The van der Waals surface area contributed by atoms with Crippen molar-refractivity contribution in [2.45, 2.75) is 0 Å². The molecule has 2 aromatic rings. The number of nitrogens with two attached hydrogens (primary N) is 2. The van der Waals surface area contributed by atoms with Crippen LogP contribution in [0.1, 0.15) is 21.0 Å². The van der Waals surface area contributed by atoms with E-state index in [-0.39, 0.29) is 11.8 Å². The third kappa shape index (κ3) is 4.56. The van der Waals surface area contributed by atoms with Crippen LogP contribution in [0.25, 0.3) is 0 Å². The molecule has 2 aromatic heterocycles. The molecule has 0 aliphatic rings. The van der Waals surface area contributed by atoms with Gasteiger partial charge < -0.3 is 36.6 Å². The second-order valence-electron chi connectivity index (χ2n) is 5.74. The van der Waals surface area contributed by atoms with Crippen molar-refractivity contribution in [3.63, 3.8) is 0 Å². The van der Waals surface area contributed by atoms with Gasteiger partial charge in [0.1, 0.15) is 11.4 Å². The summed E-state index contributed by atoms with van der Waals surface area (Å²) in [5.74, 6) is -0.255. The van der Waals surface area contributed by atoms with E-state index in [9.17, 15) is 9.59 Å². The number of amides is 2. The maximum Gasteiger partial charge on any atom is 0.272 e. The molecule has 0 spiro atoms. The van der Waals surface area contributed by atoms with Crippen LogP contribution in [-0.4, -0.2) is 47.0 Å².